The maximum absolute atomic E-state index is 10.6. The quantitative estimate of drug-likeness (QED) is 0.662. The van der Waals surface area contributed by atoms with E-state index in [1.165, 1.54) is 6.92 Å². The molecule has 1 saturated carbocycles. The standard InChI is InChI=1S/C10H18O3/c1-7-3-4-10(12)9(5-7)6-13-8(2)11/h7,9-10,12H,3-6H2,1-2H3. The Balaban J connectivity index is 2.33. The summed E-state index contributed by atoms with van der Waals surface area (Å²) in [5.74, 6) is 0.530. The summed E-state index contributed by atoms with van der Waals surface area (Å²) < 4.78 is 4.90. The van der Waals surface area contributed by atoms with Gasteiger partial charge in [0, 0.05) is 12.8 Å². The van der Waals surface area contributed by atoms with Crippen LogP contribution in [-0.2, 0) is 9.53 Å². The molecule has 3 atom stereocenters. The molecule has 0 spiro atoms. The molecule has 0 amide bonds. The number of hydrogen-bond acceptors (Lipinski definition) is 3. The van der Waals surface area contributed by atoms with Gasteiger partial charge in [-0.1, -0.05) is 6.92 Å². The maximum atomic E-state index is 10.6. The van der Waals surface area contributed by atoms with Crippen molar-refractivity contribution >= 4 is 5.97 Å². The molecule has 0 heterocycles. The predicted octanol–water partition coefficient (Wildman–Crippen LogP) is 1.35. The smallest absolute Gasteiger partial charge is 0.302 e. The average molecular weight is 186 g/mol. The largest absolute Gasteiger partial charge is 0.465 e. The highest BCUT2D eigenvalue weighted by Gasteiger charge is 2.27. The number of aliphatic hydroxyl groups excluding tert-OH is 1. The van der Waals surface area contributed by atoms with Crippen LogP contribution in [0.25, 0.3) is 0 Å². The minimum Gasteiger partial charge on any atom is -0.465 e. The van der Waals surface area contributed by atoms with Crippen LogP contribution >= 0.6 is 0 Å². The van der Waals surface area contributed by atoms with Crippen molar-refractivity contribution in [3.63, 3.8) is 0 Å². The van der Waals surface area contributed by atoms with Crippen molar-refractivity contribution in [1.29, 1.82) is 0 Å². The van der Waals surface area contributed by atoms with Gasteiger partial charge >= 0.3 is 5.97 Å². The van der Waals surface area contributed by atoms with Gasteiger partial charge in [0.1, 0.15) is 0 Å². The Morgan fingerprint density at radius 1 is 1.54 bits per heavy atom. The zero-order chi connectivity index (χ0) is 9.84. The monoisotopic (exact) mass is 186 g/mol. The Hall–Kier alpha value is -0.570. The van der Waals surface area contributed by atoms with Crippen molar-refractivity contribution in [3.05, 3.63) is 0 Å². The Morgan fingerprint density at radius 2 is 2.23 bits per heavy atom. The number of ether oxygens (including phenoxy) is 1. The van der Waals surface area contributed by atoms with Gasteiger partial charge in [-0.3, -0.25) is 4.79 Å². The summed E-state index contributed by atoms with van der Waals surface area (Å²) >= 11 is 0. The highest BCUT2D eigenvalue weighted by molar-refractivity contribution is 5.65. The van der Waals surface area contributed by atoms with Crippen molar-refractivity contribution in [3.8, 4) is 0 Å². The van der Waals surface area contributed by atoms with Gasteiger partial charge < -0.3 is 9.84 Å². The lowest BCUT2D eigenvalue weighted by Crippen LogP contribution is -2.32. The first-order valence-corrected chi connectivity index (χ1v) is 4.91. The Labute approximate surface area is 79.1 Å². The first-order chi connectivity index (χ1) is 6.09. The Kier molecular flexibility index (Phi) is 3.72. The van der Waals surface area contributed by atoms with E-state index in [9.17, 15) is 9.90 Å². The van der Waals surface area contributed by atoms with Crippen molar-refractivity contribution in [2.45, 2.75) is 39.2 Å². The van der Waals surface area contributed by atoms with E-state index in [2.05, 4.69) is 6.92 Å². The molecule has 3 nitrogen and oxygen atoms in total. The third-order valence-corrected chi connectivity index (χ3v) is 2.71. The molecular formula is C10H18O3. The second-order valence-corrected chi connectivity index (χ2v) is 4.05. The van der Waals surface area contributed by atoms with Crippen LogP contribution in [0.4, 0.5) is 0 Å². The van der Waals surface area contributed by atoms with Gasteiger partial charge in [-0.2, -0.15) is 0 Å². The van der Waals surface area contributed by atoms with Crippen LogP contribution in [0.1, 0.15) is 33.1 Å². The van der Waals surface area contributed by atoms with E-state index < -0.39 is 0 Å². The molecule has 13 heavy (non-hydrogen) atoms. The van der Waals surface area contributed by atoms with E-state index in [1.807, 2.05) is 0 Å². The van der Waals surface area contributed by atoms with Crippen LogP contribution < -0.4 is 0 Å². The molecule has 0 aromatic rings. The van der Waals surface area contributed by atoms with Crippen molar-refractivity contribution in [2.24, 2.45) is 11.8 Å². The molecule has 76 valence electrons. The zero-order valence-corrected chi connectivity index (χ0v) is 8.32. The highest BCUT2D eigenvalue weighted by atomic mass is 16.5. The maximum Gasteiger partial charge on any atom is 0.302 e. The number of hydrogen-bond donors (Lipinski definition) is 1. The molecule has 0 bridgehead atoms. The van der Waals surface area contributed by atoms with E-state index in [0.717, 1.165) is 19.3 Å². The van der Waals surface area contributed by atoms with E-state index in [1.54, 1.807) is 0 Å². The number of esters is 1. The van der Waals surface area contributed by atoms with Gasteiger partial charge in [-0.05, 0) is 25.2 Å². The molecule has 0 aromatic carbocycles. The van der Waals surface area contributed by atoms with Crippen LogP contribution in [-0.4, -0.2) is 23.8 Å². The normalized spacial score (nSPS) is 34.2. The van der Waals surface area contributed by atoms with Crippen molar-refractivity contribution in [1.82, 2.24) is 0 Å². The van der Waals surface area contributed by atoms with E-state index in [4.69, 9.17) is 4.74 Å². The van der Waals surface area contributed by atoms with Crippen LogP contribution in [0.5, 0.6) is 0 Å². The average Bonchev–Trinajstić information content (AvgIpc) is 2.06. The second-order valence-electron chi connectivity index (χ2n) is 4.05. The molecule has 3 heteroatoms. The van der Waals surface area contributed by atoms with Gasteiger partial charge in [0.2, 0.25) is 0 Å². The topological polar surface area (TPSA) is 46.5 Å². The summed E-state index contributed by atoms with van der Waals surface area (Å²) in [4.78, 5) is 10.6. The summed E-state index contributed by atoms with van der Waals surface area (Å²) in [6.45, 7) is 3.95. The fourth-order valence-corrected chi connectivity index (χ4v) is 1.89. The predicted molar refractivity (Wildman–Crippen MR) is 49.1 cm³/mol. The van der Waals surface area contributed by atoms with Gasteiger partial charge in [0.25, 0.3) is 0 Å². The summed E-state index contributed by atoms with van der Waals surface area (Å²) in [6, 6.07) is 0. The zero-order valence-electron chi connectivity index (χ0n) is 8.32. The Bertz CT molecular complexity index is 179. The molecule has 0 aromatic heterocycles. The molecule has 1 rings (SSSR count). The summed E-state index contributed by atoms with van der Waals surface area (Å²) in [6.07, 6.45) is 2.61. The second kappa shape index (κ2) is 4.61. The van der Waals surface area contributed by atoms with E-state index >= 15 is 0 Å². The van der Waals surface area contributed by atoms with Gasteiger partial charge in [-0.25, -0.2) is 0 Å². The first-order valence-electron chi connectivity index (χ1n) is 4.91. The summed E-state index contributed by atoms with van der Waals surface area (Å²) in [7, 11) is 0. The van der Waals surface area contributed by atoms with Crippen LogP contribution in [0.15, 0.2) is 0 Å². The lowest BCUT2D eigenvalue weighted by Gasteiger charge is -2.30. The molecule has 1 aliphatic carbocycles. The summed E-state index contributed by atoms with van der Waals surface area (Å²) in [5, 5.41) is 9.61. The third-order valence-electron chi connectivity index (χ3n) is 2.71. The van der Waals surface area contributed by atoms with Crippen molar-refractivity contribution in [2.75, 3.05) is 6.61 Å². The highest BCUT2D eigenvalue weighted by Crippen LogP contribution is 2.29. The van der Waals surface area contributed by atoms with E-state index in [0.29, 0.717) is 12.5 Å². The lowest BCUT2D eigenvalue weighted by molar-refractivity contribution is -0.144. The minimum atomic E-state index is -0.282. The van der Waals surface area contributed by atoms with E-state index in [-0.39, 0.29) is 18.0 Å². The minimum absolute atomic E-state index is 0.146. The lowest BCUT2D eigenvalue weighted by atomic mass is 9.81. The SMILES string of the molecule is CC(=O)OCC1CC(C)CCC1O. The molecule has 1 N–H and O–H groups in total. The van der Waals surface area contributed by atoms with Crippen molar-refractivity contribution < 1.29 is 14.6 Å². The molecule has 0 saturated heterocycles. The number of aliphatic hydroxyl groups is 1. The molecule has 1 fully saturated rings. The first kappa shape index (κ1) is 10.5. The molecule has 3 unspecified atom stereocenters. The van der Waals surface area contributed by atoms with Crippen LogP contribution in [0, 0.1) is 11.8 Å². The number of carbonyl (C=O) groups is 1. The molecule has 1 aliphatic rings. The Morgan fingerprint density at radius 3 is 2.85 bits per heavy atom. The fourth-order valence-electron chi connectivity index (χ4n) is 1.89. The van der Waals surface area contributed by atoms with Gasteiger partial charge in [-0.15, -0.1) is 0 Å². The molecule has 0 radical (unpaired) electrons. The van der Waals surface area contributed by atoms with Crippen LogP contribution in [0.3, 0.4) is 0 Å². The summed E-state index contributed by atoms with van der Waals surface area (Å²) in [5.41, 5.74) is 0. The van der Waals surface area contributed by atoms with Crippen LogP contribution in [0.2, 0.25) is 0 Å². The fraction of sp³-hybridized carbons (Fsp3) is 0.900. The van der Waals surface area contributed by atoms with Gasteiger partial charge in [0.15, 0.2) is 0 Å². The number of rotatable bonds is 2. The molecular weight excluding hydrogens is 168 g/mol. The third kappa shape index (κ3) is 3.35. The van der Waals surface area contributed by atoms with Gasteiger partial charge in [0.05, 0.1) is 12.7 Å². The number of carbonyl (C=O) groups excluding carboxylic acids is 1. The molecule has 0 aliphatic heterocycles.